The highest BCUT2D eigenvalue weighted by Crippen LogP contribution is 2.45. The van der Waals surface area contributed by atoms with Crippen LogP contribution in [0.25, 0.3) is 0 Å². The molecule has 0 spiro atoms. The third-order valence-corrected chi connectivity index (χ3v) is 18.2. The van der Waals surface area contributed by atoms with Gasteiger partial charge in [-0.2, -0.15) is 0 Å². The topological polar surface area (TPSA) is 237 Å². The van der Waals surface area contributed by atoms with Crippen LogP contribution in [-0.2, 0) is 65.4 Å². The van der Waals surface area contributed by atoms with Crippen LogP contribution in [0.3, 0.4) is 0 Å². The lowest BCUT2D eigenvalue weighted by atomic mass is 9.99. The van der Waals surface area contributed by atoms with Crippen LogP contribution in [-0.4, -0.2) is 96.7 Å². The van der Waals surface area contributed by atoms with Gasteiger partial charge in [0.2, 0.25) is 0 Å². The van der Waals surface area contributed by atoms with Gasteiger partial charge in [0.1, 0.15) is 19.3 Å². The van der Waals surface area contributed by atoms with Crippen molar-refractivity contribution in [3.05, 3.63) is 0 Å². The maximum Gasteiger partial charge on any atom is 0.472 e. The first-order valence-electron chi connectivity index (χ1n) is 36.0. The molecule has 0 radical (unpaired) electrons. The number of aliphatic hydroxyl groups is 1. The van der Waals surface area contributed by atoms with Gasteiger partial charge in [0.25, 0.3) is 0 Å². The van der Waals surface area contributed by atoms with Gasteiger partial charge in [0.15, 0.2) is 12.2 Å². The summed E-state index contributed by atoms with van der Waals surface area (Å²) in [5.74, 6) is -0.600. The van der Waals surface area contributed by atoms with Crippen LogP contribution in [0.4, 0.5) is 0 Å². The first-order chi connectivity index (χ1) is 42.4. The van der Waals surface area contributed by atoms with Gasteiger partial charge in [-0.15, -0.1) is 0 Å². The first kappa shape index (κ1) is 86.1. The number of hydrogen-bond donors (Lipinski definition) is 3. The SMILES string of the molecule is CCCCCCCCCCCCCCCCCC(=O)O[C@H](COC(=O)CCCCCCCCCCCCC(C)CC)COP(=O)(O)OC[C@@H](O)COP(=O)(O)OC[C@@H](COC(=O)CCCCCCCCCC)OC(=O)CCCCCCCCCCC(C)C. The highest BCUT2D eigenvalue weighted by atomic mass is 31.2. The number of esters is 4. The molecule has 0 aliphatic heterocycles. The normalized spacial score (nSPS) is 14.5. The van der Waals surface area contributed by atoms with E-state index in [1.54, 1.807) is 0 Å². The molecule has 0 fully saturated rings. The summed E-state index contributed by atoms with van der Waals surface area (Å²) in [5, 5.41) is 10.6. The molecule has 0 aromatic heterocycles. The molecule has 88 heavy (non-hydrogen) atoms. The van der Waals surface area contributed by atoms with Gasteiger partial charge < -0.3 is 33.8 Å². The molecule has 0 bridgehead atoms. The van der Waals surface area contributed by atoms with E-state index in [-0.39, 0.29) is 25.7 Å². The molecule has 0 saturated carbocycles. The number of aliphatic hydroxyl groups excluding tert-OH is 1. The summed E-state index contributed by atoms with van der Waals surface area (Å²) < 4.78 is 68.2. The highest BCUT2D eigenvalue weighted by molar-refractivity contribution is 7.47. The molecule has 522 valence electrons. The number of carbonyl (C=O) groups is 4. The van der Waals surface area contributed by atoms with Crippen molar-refractivity contribution in [3.8, 4) is 0 Å². The van der Waals surface area contributed by atoms with Gasteiger partial charge in [0.05, 0.1) is 26.4 Å². The molecular weight excluding hydrogens is 1160 g/mol. The van der Waals surface area contributed by atoms with Crippen molar-refractivity contribution in [1.29, 1.82) is 0 Å². The van der Waals surface area contributed by atoms with E-state index in [9.17, 15) is 43.2 Å². The number of hydrogen-bond acceptors (Lipinski definition) is 15. The van der Waals surface area contributed by atoms with Crippen LogP contribution in [0.15, 0.2) is 0 Å². The third kappa shape index (κ3) is 61.6. The minimum absolute atomic E-state index is 0.104. The summed E-state index contributed by atoms with van der Waals surface area (Å²) in [5.41, 5.74) is 0. The Morgan fingerprint density at radius 3 is 0.864 bits per heavy atom. The fraction of sp³-hybridized carbons (Fsp3) is 0.942. The van der Waals surface area contributed by atoms with E-state index < -0.39 is 97.5 Å². The van der Waals surface area contributed by atoms with Gasteiger partial charge >= 0.3 is 39.5 Å². The molecular formula is C69H134O17P2. The lowest BCUT2D eigenvalue weighted by Gasteiger charge is -2.21. The summed E-state index contributed by atoms with van der Waals surface area (Å²) in [6.07, 6.45) is 45.8. The largest absolute Gasteiger partial charge is 0.472 e. The predicted molar refractivity (Wildman–Crippen MR) is 354 cm³/mol. The van der Waals surface area contributed by atoms with Gasteiger partial charge in [-0.25, -0.2) is 9.13 Å². The average Bonchev–Trinajstić information content (AvgIpc) is 3.61. The van der Waals surface area contributed by atoms with Crippen molar-refractivity contribution in [2.45, 2.75) is 368 Å². The number of phosphoric ester groups is 2. The molecule has 0 saturated heterocycles. The predicted octanol–water partition coefficient (Wildman–Crippen LogP) is 19.6. The Morgan fingerprint density at radius 2 is 0.580 bits per heavy atom. The zero-order valence-electron chi connectivity index (χ0n) is 57.0. The van der Waals surface area contributed by atoms with Crippen LogP contribution in [0.5, 0.6) is 0 Å². The van der Waals surface area contributed by atoms with E-state index in [0.717, 1.165) is 108 Å². The first-order valence-corrected chi connectivity index (χ1v) is 39.0. The van der Waals surface area contributed by atoms with E-state index in [1.165, 1.54) is 161 Å². The van der Waals surface area contributed by atoms with Crippen LogP contribution >= 0.6 is 15.6 Å². The third-order valence-electron chi connectivity index (χ3n) is 16.3. The van der Waals surface area contributed by atoms with Gasteiger partial charge in [-0.05, 0) is 37.5 Å². The number of phosphoric acid groups is 2. The van der Waals surface area contributed by atoms with E-state index in [4.69, 9.17) is 37.0 Å². The Kier molecular flexibility index (Phi) is 59.9. The second-order valence-electron chi connectivity index (χ2n) is 25.6. The minimum Gasteiger partial charge on any atom is -0.462 e. The molecule has 3 unspecified atom stereocenters. The van der Waals surface area contributed by atoms with Crippen LogP contribution < -0.4 is 0 Å². The fourth-order valence-electron chi connectivity index (χ4n) is 10.4. The van der Waals surface area contributed by atoms with Crippen LogP contribution in [0, 0.1) is 11.8 Å². The van der Waals surface area contributed by atoms with Gasteiger partial charge in [-0.1, -0.05) is 298 Å². The van der Waals surface area contributed by atoms with Crippen molar-refractivity contribution in [1.82, 2.24) is 0 Å². The molecule has 17 nitrogen and oxygen atoms in total. The smallest absolute Gasteiger partial charge is 0.462 e. The van der Waals surface area contributed by atoms with E-state index in [1.807, 2.05) is 0 Å². The van der Waals surface area contributed by atoms with Crippen molar-refractivity contribution in [2.75, 3.05) is 39.6 Å². The quantitative estimate of drug-likeness (QED) is 0.0222. The Bertz CT molecular complexity index is 1720. The summed E-state index contributed by atoms with van der Waals surface area (Å²) in [6, 6.07) is 0. The zero-order valence-corrected chi connectivity index (χ0v) is 58.8. The summed E-state index contributed by atoms with van der Waals surface area (Å²) in [4.78, 5) is 72.4. The van der Waals surface area contributed by atoms with E-state index >= 15 is 0 Å². The average molecular weight is 1300 g/mol. The van der Waals surface area contributed by atoms with Crippen LogP contribution in [0.2, 0.25) is 0 Å². The molecule has 0 aromatic rings. The molecule has 3 N–H and O–H groups in total. The maximum atomic E-state index is 13.0. The molecule has 0 rings (SSSR count). The summed E-state index contributed by atoms with van der Waals surface area (Å²) in [7, 11) is -9.89. The Labute approximate surface area is 537 Å². The van der Waals surface area contributed by atoms with E-state index in [0.29, 0.717) is 25.7 Å². The molecule has 0 heterocycles. The highest BCUT2D eigenvalue weighted by Gasteiger charge is 2.30. The lowest BCUT2D eigenvalue weighted by Crippen LogP contribution is -2.30. The number of unbranched alkanes of at least 4 members (excludes halogenated alkanes) is 37. The van der Waals surface area contributed by atoms with Crippen LogP contribution in [0.1, 0.15) is 350 Å². The lowest BCUT2D eigenvalue weighted by molar-refractivity contribution is -0.161. The summed E-state index contributed by atoms with van der Waals surface area (Å²) in [6.45, 7) is 9.50. The molecule has 19 heteroatoms. The number of ether oxygens (including phenoxy) is 4. The monoisotopic (exact) mass is 1300 g/mol. The Hall–Kier alpha value is -1.94. The summed E-state index contributed by atoms with van der Waals surface area (Å²) >= 11 is 0. The van der Waals surface area contributed by atoms with E-state index in [2.05, 4.69) is 41.5 Å². The molecule has 0 aliphatic rings. The molecule has 6 atom stereocenters. The molecule has 0 amide bonds. The van der Waals surface area contributed by atoms with Gasteiger partial charge in [0, 0.05) is 25.7 Å². The minimum atomic E-state index is -4.95. The molecule has 0 aliphatic carbocycles. The van der Waals surface area contributed by atoms with Crippen molar-refractivity contribution in [3.63, 3.8) is 0 Å². The zero-order chi connectivity index (χ0) is 65.0. The second-order valence-corrected chi connectivity index (χ2v) is 28.5. The van der Waals surface area contributed by atoms with Gasteiger partial charge in [-0.3, -0.25) is 37.3 Å². The maximum absolute atomic E-state index is 13.0. The Morgan fingerprint density at radius 1 is 0.330 bits per heavy atom. The molecule has 0 aromatic carbocycles. The Balaban J connectivity index is 5.23. The fourth-order valence-corrected chi connectivity index (χ4v) is 12.0. The standard InChI is InChI=1S/C69H134O17P2/c1-7-10-12-14-16-18-19-20-21-22-23-28-35-41-47-53-68(73)85-65(58-80-67(72)52-46-40-34-27-25-24-26-32-38-44-50-62(6)9-3)60-84-88(77,78)82-56-63(70)55-81-87(75,76)83-59-64(57-79-66(71)51-45-39-33-17-15-13-11-8-2)86-69(74)54-48-42-36-30-29-31-37-43-49-61(4)5/h61-65,70H,7-60H2,1-6H3,(H,75,76)(H,77,78)/t62?,63-,64+,65+/m0/s1. The second kappa shape index (κ2) is 61.3. The van der Waals surface area contributed by atoms with Crippen molar-refractivity contribution >= 4 is 39.5 Å². The number of rotatable bonds is 68. The number of carbonyl (C=O) groups excluding carboxylic acids is 4. The van der Waals surface area contributed by atoms with Crippen molar-refractivity contribution < 1.29 is 80.2 Å². The van der Waals surface area contributed by atoms with Crippen molar-refractivity contribution in [2.24, 2.45) is 11.8 Å².